The Hall–Kier alpha value is -1.47. The number of piperazine rings is 1. The van der Waals surface area contributed by atoms with Gasteiger partial charge < -0.3 is 14.8 Å². The van der Waals surface area contributed by atoms with Crippen molar-refractivity contribution in [3.05, 3.63) is 23.8 Å². The van der Waals surface area contributed by atoms with Crippen molar-refractivity contribution in [3.63, 3.8) is 0 Å². The van der Waals surface area contributed by atoms with E-state index in [4.69, 9.17) is 9.47 Å². The van der Waals surface area contributed by atoms with Gasteiger partial charge in [0.15, 0.2) is 11.5 Å². The molecular formula is C14H17F3N2O2. The predicted molar refractivity (Wildman–Crippen MR) is 70.7 cm³/mol. The van der Waals surface area contributed by atoms with E-state index in [1.165, 1.54) is 11.0 Å². The van der Waals surface area contributed by atoms with Crippen molar-refractivity contribution >= 4 is 0 Å². The molecule has 116 valence electrons. The van der Waals surface area contributed by atoms with E-state index in [1.54, 1.807) is 12.1 Å². The highest BCUT2D eigenvalue weighted by atomic mass is 19.4. The molecule has 2 heterocycles. The van der Waals surface area contributed by atoms with Gasteiger partial charge in [0, 0.05) is 31.7 Å². The molecule has 1 fully saturated rings. The van der Waals surface area contributed by atoms with Gasteiger partial charge in [0.05, 0.1) is 0 Å². The Morgan fingerprint density at radius 1 is 1.10 bits per heavy atom. The fourth-order valence-electron chi connectivity index (χ4n) is 2.83. The third kappa shape index (κ3) is 2.94. The van der Waals surface area contributed by atoms with Crippen LogP contribution < -0.4 is 14.8 Å². The second-order valence-electron chi connectivity index (χ2n) is 5.10. The molecule has 0 radical (unpaired) electrons. The summed E-state index contributed by atoms with van der Waals surface area (Å²) in [5.41, 5.74) is 0.140. The normalized spacial score (nSPS) is 21.1. The molecule has 3 rings (SSSR count). The second-order valence-corrected chi connectivity index (χ2v) is 5.10. The number of hydrogen-bond acceptors (Lipinski definition) is 4. The number of para-hydroxylation sites is 1. The highest BCUT2D eigenvalue weighted by Gasteiger charge is 2.46. The monoisotopic (exact) mass is 302 g/mol. The maximum Gasteiger partial charge on any atom is 0.408 e. The van der Waals surface area contributed by atoms with Crippen LogP contribution in [-0.4, -0.2) is 50.5 Å². The predicted octanol–water partition coefficient (Wildman–Crippen LogP) is 1.97. The maximum atomic E-state index is 13.6. The minimum Gasteiger partial charge on any atom is -0.486 e. The van der Waals surface area contributed by atoms with Gasteiger partial charge in [0.1, 0.15) is 19.3 Å². The number of fused-ring (bicyclic) bond motifs is 1. The van der Waals surface area contributed by atoms with Crippen molar-refractivity contribution in [2.24, 2.45) is 0 Å². The van der Waals surface area contributed by atoms with Crippen molar-refractivity contribution in [2.75, 3.05) is 39.4 Å². The first-order valence-corrected chi connectivity index (χ1v) is 6.97. The summed E-state index contributed by atoms with van der Waals surface area (Å²) in [7, 11) is 0. The van der Waals surface area contributed by atoms with E-state index in [-0.39, 0.29) is 17.9 Å². The summed E-state index contributed by atoms with van der Waals surface area (Å²) < 4.78 is 51.7. The first-order valence-electron chi connectivity index (χ1n) is 6.97. The standard InChI is InChI=1S/C14H17F3N2O2/c15-14(16,17)13(19-6-4-18-5-7-19)10-2-1-3-11-12(10)21-9-8-20-11/h1-3,13,18H,4-9H2/t13-/m0/s1. The van der Waals surface area contributed by atoms with Crippen LogP contribution in [0.5, 0.6) is 11.5 Å². The molecule has 2 aliphatic heterocycles. The molecule has 4 nitrogen and oxygen atoms in total. The second kappa shape index (κ2) is 5.73. The van der Waals surface area contributed by atoms with Gasteiger partial charge in [-0.15, -0.1) is 0 Å². The van der Waals surface area contributed by atoms with Crippen molar-refractivity contribution in [1.29, 1.82) is 0 Å². The van der Waals surface area contributed by atoms with Crippen molar-refractivity contribution in [2.45, 2.75) is 12.2 Å². The van der Waals surface area contributed by atoms with Gasteiger partial charge in [-0.05, 0) is 6.07 Å². The lowest BCUT2D eigenvalue weighted by Gasteiger charge is -2.37. The molecule has 1 saturated heterocycles. The number of alkyl halides is 3. The Kier molecular flexibility index (Phi) is 3.95. The van der Waals surface area contributed by atoms with Crippen LogP contribution in [0.3, 0.4) is 0 Å². The van der Waals surface area contributed by atoms with Crippen molar-refractivity contribution in [3.8, 4) is 11.5 Å². The van der Waals surface area contributed by atoms with E-state index in [0.29, 0.717) is 38.5 Å². The molecule has 0 saturated carbocycles. The number of halogens is 3. The Balaban J connectivity index is 2.00. The zero-order valence-electron chi connectivity index (χ0n) is 11.4. The molecule has 1 atom stereocenters. The fraction of sp³-hybridized carbons (Fsp3) is 0.571. The summed E-state index contributed by atoms with van der Waals surface area (Å²) >= 11 is 0. The van der Waals surface area contributed by atoms with Gasteiger partial charge >= 0.3 is 6.18 Å². The van der Waals surface area contributed by atoms with Crippen molar-refractivity contribution in [1.82, 2.24) is 10.2 Å². The van der Waals surface area contributed by atoms with Crippen LogP contribution >= 0.6 is 0 Å². The number of hydrogen-bond donors (Lipinski definition) is 1. The van der Waals surface area contributed by atoms with Gasteiger partial charge in [0.2, 0.25) is 0 Å². The van der Waals surface area contributed by atoms with Gasteiger partial charge in [-0.25, -0.2) is 0 Å². The van der Waals surface area contributed by atoms with Crippen LogP contribution in [0.1, 0.15) is 11.6 Å². The Bertz CT molecular complexity index is 501. The smallest absolute Gasteiger partial charge is 0.408 e. The Morgan fingerprint density at radius 3 is 2.52 bits per heavy atom. The molecule has 0 aromatic heterocycles. The van der Waals surface area contributed by atoms with Crippen LogP contribution in [-0.2, 0) is 0 Å². The Morgan fingerprint density at radius 2 is 1.81 bits per heavy atom. The minimum atomic E-state index is -4.35. The molecule has 7 heteroatoms. The van der Waals surface area contributed by atoms with Crippen LogP contribution in [0.2, 0.25) is 0 Å². The molecule has 0 amide bonds. The highest BCUT2D eigenvalue weighted by Crippen LogP contribution is 2.45. The molecule has 21 heavy (non-hydrogen) atoms. The van der Waals surface area contributed by atoms with E-state index in [2.05, 4.69) is 5.32 Å². The van der Waals surface area contributed by atoms with Crippen LogP contribution in [0.15, 0.2) is 18.2 Å². The van der Waals surface area contributed by atoms with Crippen LogP contribution in [0.25, 0.3) is 0 Å². The molecule has 0 bridgehead atoms. The van der Waals surface area contributed by atoms with Gasteiger partial charge in [-0.2, -0.15) is 13.2 Å². The van der Waals surface area contributed by atoms with E-state index < -0.39 is 12.2 Å². The fourth-order valence-corrected chi connectivity index (χ4v) is 2.83. The quantitative estimate of drug-likeness (QED) is 0.905. The zero-order valence-corrected chi connectivity index (χ0v) is 11.4. The Labute approximate surface area is 120 Å². The first kappa shape index (κ1) is 14.5. The van der Waals surface area contributed by atoms with E-state index in [1.807, 2.05) is 0 Å². The summed E-state index contributed by atoms with van der Waals surface area (Å²) in [6.45, 7) is 2.46. The lowest BCUT2D eigenvalue weighted by Crippen LogP contribution is -2.49. The number of nitrogens with zero attached hydrogens (tertiary/aromatic N) is 1. The third-order valence-corrected chi connectivity index (χ3v) is 3.72. The summed E-state index contributed by atoms with van der Waals surface area (Å²) in [4.78, 5) is 1.45. The lowest BCUT2D eigenvalue weighted by molar-refractivity contribution is -0.188. The van der Waals surface area contributed by atoms with E-state index >= 15 is 0 Å². The zero-order chi connectivity index (χ0) is 14.9. The maximum absolute atomic E-state index is 13.6. The van der Waals surface area contributed by atoms with Crippen LogP contribution in [0, 0.1) is 0 Å². The average Bonchev–Trinajstić information content (AvgIpc) is 2.47. The van der Waals surface area contributed by atoms with Gasteiger partial charge in [-0.3, -0.25) is 4.90 Å². The van der Waals surface area contributed by atoms with Gasteiger partial charge in [0.25, 0.3) is 0 Å². The topological polar surface area (TPSA) is 33.7 Å². The molecule has 0 unspecified atom stereocenters. The number of rotatable bonds is 2. The third-order valence-electron chi connectivity index (χ3n) is 3.72. The summed E-state index contributed by atoms with van der Waals surface area (Å²) in [6, 6.07) is 3.05. The van der Waals surface area contributed by atoms with Gasteiger partial charge in [-0.1, -0.05) is 12.1 Å². The first-order chi connectivity index (χ1) is 10.1. The molecule has 1 N–H and O–H groups in total. The molecule has 2 aliphatic rings. The number of benzene rings is 1. The van der Waals surface area contributed by atoms with Crippen LogP contribution in [0.4, 0.5) is 13.2 Å². The molecule has 1 aromatic carbocycles. The molecular weight excluding hydrogens is 285 g/mol. The van der Waals surface area contributed by atoms with E-state index in [0.717, 1.165) is 0 Å². The number of ether oxygens (including phenoxy) is 2. The molecule has 1 aromatic rings. The average molecular weight is 302 g/mol. The number of nitrogens with one attached hydrogen (secondary N) is 1. The SMILES string of the molecule is FC(F)(F)[C@H](c1cccc2c1OCCO2)N1CCNCC1. The minimum absolute atomic E-state index is 0.140. The highest BCUT2D eigenvalue weighted by molar-refractivity contribution is 5.49. The molecule has 0 aliphatic carbocycles. The summed E-state index contributed by atoms with van der Waals surface area (Å²) in [5.74, 6) is 0.618. The molecule has 0 spiro atoms. The summed E-state index contributed by atoms with van der Waals surface area (Å²) in [6.07, 6.45) is -4.35. The summed E-state index contributed by atoms with van der Waals surface area (Å²) in [5, 5.41) is 3.07. The van der Waals surface area contributed by atoms with Crippen molar-refractivity contribution < 1.29 is 22.6 Å². The largest absolute Gasteiger partial charge is 0.486 e. The lowest BCUT2D eigenvalue weighted by atomic mass is 10.0. The van der Waals surface area contributed by atoms with E-state index in [9.17, 15) is 13.2 Å².